The number of rotatable bonds is 10. The summed E-state index contributed by atoms with van der Waals surface area (Å²) in [6.45, 7) is 4.37. The molecule has 40 heavy (non-hydrogen) atoms. The van der Waals surface area contributed by atoms with Crippen molar-refractivity contribution in [1.29, 1.82) is 0 Å². The summed E-state index contributed by atoms with van der Waals surface area (Å²) in [7, 11) is 2.67. The first-order valence-corrected chi connectivity index (χ1v) is 14.5. The fraction of sp³-hybridized carbons (Fsp3) is 0.679. The van der Waals surface area contributed by atoms with E-state index in [-0.39, 0.29) is 35.7 Å². The van der Waals surface area contributed by atoms with Gasteiger partial charge in [0.25, 0.3) is 5.91 Å². The molecule has 12 heteroatoms. The molecule has 0 saturated heterocycles. The molecule has 8 nitrogen and oxygen atoms in total. The lowest BCUT2D eigenvalue weighted by Gasteiger charge is -2.35. The number of methoxy groups -OCH3 is 2. The molecule has 2 atom stereocenters. The van der Waals surface area contributed by atoms with E-state index in [2.05, 4.69) is 10.6 Å². The van der Waals surface area contributed by atoms with E-state index in [4.69, 9.17) is 14.2 Å². The highest BCUT2D eigenvalue weighted by atomic mass is 127. The Morgan fingerprint density at radius 3 is 2.30 bits per heavy atom. The van der Waals surface area contributed by atoms with E-state index < -0.39 is 44.4 Å². The fourth-order valence-corrected chi connectivity index (χ4v) is 5.37. The Bertz CT molecular complexity index is 1100. The standard InChI is InChI=1S/C28H38F3IN2O6/c1-26(2,28(30,31)32)15-33-23(35)17-7-6-8-20(17)34-24(36)18-13-22(19(29)14-21(18)38-4)40-16-9-11-27(3,12-10-16)25(37)39-5/h13-14,16-17,20H,6-12,15H2,1-5H3,(H,33,35)(H,34,36)/t16?,17-,20+,27?/m0/s1. The van der Waals surface area contributed by atoms with Crippen molar-refractivity contribution in [3.63, 3.8) is 0 Å². The van der Waals surface area contributed by atoms with Crippen LogP contribution in [0.5, 0.6) is 11.5 Å². The molecule has 224 valence electrons. The lowest BCUT2D eigenvalue weighted by atomic mass is 9.75. The van der Waals surface area contributed by atoms with Gasteiger partial charge < -0.3 is 24.8 Å². The summed E-state index contributed by atoms with van der Waals surface area (Å²) in [4.78, 5) is 38.2. The average Bonchev–Trinajstić information content (AvgIpc) is 3.36. The molecule has 0 spiro atoms. The van der Waals surface area contributed by atoms with Crippen LogP contribution in [0.3, 0.4) is 0 Å². The Balaban J connectivity index is 1.69. The molecule has 2 aliphatic rings. The van der Waals surface area contributed by atoms with Gasteiger partial charge in [-0.2, -0.15) is 8.78 Å². The second kappa shape index (κ2) is 12.7. The van der Waals surface area contributed by atoms with Crippen molar-refractivity contribution in [3.05, 3.63) is 23.5 Å². The summed E-state index contributed by atoms with van der Waals surface area (Å²) >= 11 is 1.07. The maximum Gasteiger partial charge on any atom is 0.311 e. The lowest BCUT2D eigenvalue weighted by Crippen LogP contribution is -2.48. The number of alkyl halides is 3. The average molecular weight is 683 g/mol. The molecule has 0 aliphatic heterocycles. The summed E-state index contributed by atoms with van der Waals surface area (Å²) in [5, 5.41) is 5.47. The van der Waals surface area contributed by atoms with Crippen LogP contribution in [0.4, 0.5) is 13.2 Å². The molecule has 2 N–H and O–H groups in total. The Morgan fingerprint density at radius 2 is 1.73 bits per heavy atom. The van der Waals surface area contributed by atoms with E-state index >= 15 is 0 Å². The zero-order valence-electron chi connectivity index (χ0n) is 23.5. The Kier molecular flexibility index (Phi) is 10.3. The monoisotopic (exact) mass is 682 g/mol. The van der Waals surface area contributed by atoms with Crippen molar-refractivity contribution in [1.82, 2.24) is 10.6 Å². The van der Waals surface area contributed by atoms with Crippen LogP contribution in [0.1, 0.15) is 76.1 Å². The van der Waals surface area contributed by atoms with Gasteiger partial charge in [0.1, 0.15) is 5.75 Å². The number of amides is 2. The second-order valence-corrected chi connectivity index (χ2v) is 12.9. The van der Waals surface area contributed by atoms with Gasteiger partial charge in [-0.15, -0.1) is 0 Å². The maximum absolute atomic E-state index is 14.9. The van der Waals surface area contributed by atoms with Gasteiger partial charge in [-0.1, -0.05) is 20.3 Å². The van der Waals surface area contributed by atoms with Crippen molar-refractivity contribution in [3.8, 4) is 11.5 Å². The van der Waals surface area contributed by atoms with Crippen LogP contribution >= 0.6 is 22.6 Å². The van der Waals surface area contributed by atoms with E-state index in [0.717, 1.165) is 28.7 Å². The van der Waals surface area contributed by atoms with Crippen molar-refractivity contribution >= 4 is 40.4 Å². The van der Waals surface area contributed by atoms with Gasteiger partial charge >= 0.3 is 9.90 Å². The zero-order chi connectivity index (χ0) is 29.9. The van der Waals surface area contributed by atoms with Crippen LogP contribution in [0.25, 0.3) is 0 Å². The van der Waals surface area contributed by atoms with Gasteiger partial charge in [0.15, 0.2) is 11.6 Å². The SMILES string of the molecule is COC(=O)C1(C)CCC(Oc2cc(C(=O)N[C@@H]3CCC[C@@H]3C(=O)NCC(C)(C)C(F)(F)I)c(OC)cc2F)CC1. The number of ether oxygens (including phenoxy) is 3. The van der Waals surface area contributed by atoms with Crippen molar-refractivity contribution in [2.45, 2.75) is 81.8 Å². The minimum absolute atomic E-state index is 0.00860. The highest BCUT2D eigenvalue weighted by Crippen LogP contribution is 2.42. The van der Waals surface area contributed by atoms with Crippen LogP contribution in [0.15, 0.2) is 12.1 Å². The molecule has 2 saturated carbocycles. The van der Waals surface area contributed by atoms with Gasteiger partial charge in [-0.05, 0) is 74.1 Å². The first kappa shape index (κ1) is 32.3. The minimum atomic E-state index is -3.01. The largest absolute Gasteiger partial charge is 0.496 e. The van der Waals surface area contributed by atoms with Crippen molar-refractivity contribution < 1.29 is 41.8 Å². The normalized spacial score (nSPS) is 25.2. The minimum Gasteiger partial charge on any atom is -0.496 e. The molecular formula is C28H38F3IN2O6. The van der Waals surface area contributed by atoms with Gasteiger partial charge in [-0.25, -0.2) is 4.39 Å². The highest BCUT2D eigenvalue weighted by molar-refractivity contribution is 14.1. The summed E-state index contributed by atoms with van der Waals surface area (Å²) in [6.07, 6.45) is 3.42. The number of hydrogen-bond acceptors (Lipinski definition) is 6. The predicted molar refractivity (Wildman–Crippen MR) is 150 cm³/mol. The Hall–Kier alpha value is -2.25. The number of esters is 1. The number of nitrogens with one attached hydrogen (secondary N) is 2. The Morgan fingerprint density at radius 1 is 1.07 bits per heavy atom. The van der Waals surface area contributed by atoms with Gasteiger partial charge in [-0.3, -0.25) is 14.4 Å². The number of hydrogen-bond donors (Lipinski definition) is 2. The van der Waals surface area contributed by atoms with Crippen LogP contribution in [-0.4, -0.2) is 54.6 Å². The molecule has 0 unspecified atom stereocenters. The number of benzene rings is 1. The molecule has 0 aromatic heterocycles. The van der Waals surface area contributed by atoms with Crippen molar-refractivity contribution in [2.24, 2.45) is 16.7 Å². The fourth-order valence-electron chi connectivity index (χ4n) is 5.18. The lowest BCUT2D eigenvalue weighted by molar-refractivity contribution is -0.154. The molecule has 0 bridgehead atoms. The van der Waals surface area contributed by atoms with Crippen molar-refractivity contribution in [2.75, 3.05) is 20.8 Å². The molecule has 0 radical (unpaired) electrons. The van der Waals surface area contributed by atoms with Gasteiger partial charge in [0.2, 0.25) is 5.91 Å². The maximum atomic E-state index is 14.9. The van der Waals surface area contributed by atoms with Gasteiger partial charge in [0.05, 0.1) is 42.6 Å². The Labute approximate surface area is 246 Å². The number of carbonyl (C=O) groups is 3. The number of halogens is 4. The molecule has 1 aromatic rings. The molecular weight excluding hydrogens is 644 g/mol. The van der Waals surface area contributed by atoms with Crippen LogP contribution in [-0.2, 0) is 14.3 Å². The van der Waals surface area contributed by atoms with Crippen LogP contribution < -0.4 is 20.1 Å². The molecule has 3 rings (SSSR count). The summed E-state index contributed by atoms with van der Waals surface area (Å²) in [5.74, 6) is -2.63. The van der Waals surface area contributed by atoms with Gasteiger partial charge in [0, 0.05) is 18.7 Å². The third kappa shape index (κ3) is 7.33. The summed E-state index contributed by atoms with van der Waals surface area (Å²) in [6, 6.07) is 1.84. The molecule has 0 heterocycles. The first-order valence-electron chi connectivity index (χ1n) is 13.4. The van der Waals surface area contributed by atoms with E-state index in [1.54, 1.807) is 0 Å². The molecule has 2 amide bonds. The predicted octanol–water partition coefficient (Wildman–Crippen LogP) is 5.40. The van der Waals surface area contributed by atoms with E-state index in [9.17, 15) is 27.6 Å². The third-order valence-corrected chi connectivity index (χ3v) is 9.61. The smallest absolute Gasteiger partial charge is 0.311 e. The zero-order valence-corrected chi connectivity index (χ0v) is 25.7. The summed E-state index contributed by atoms with van der Waals surface area (Å²) < 4.78 is 55.6. The quantitative estimate of drug-likeness (QED) is 0.195. The van der Waals surface area contributed by atoms with E-state index in [0.29, 0.717) is 44.9 Å². The topological polar surface area (TPSA) is 103 Å². The molecule has 2 fully saturated rings. The third-order valence-electron chi connectivity index (χ3n) is 8.15. The van der Waals surface area contributed by atoms with E-state index in [1.807, 2.05) is 6.92 Å². The molecule has 1 aromatic carbocycles. The highest BCUT2D eigenvalue weighted by Gasteiger charge is 2.45. The van der Waals surface area contributed by atoms with E-state index in [1.165, 1.54) is 34.1 Å². The van der Waals surface area contributed by atoms with Crippen LogP contribution in [0, 0.1) is 22.6 Å². The summed E-state index contributed by atoms with van der Waals surface area (Å²) in [5.41, 5.74) is -2.02. The first-order chi connectivity index (χ1) is 18.6. The molecule has 2 aliphatic carbocycles. The van der Waals surface area contributed by atoms with Crippen LogP contribution in [0.2, 0.25) is 0 Å². The second-order valence-electron chi connectivity index (χ2n) is 11.6. The number of carbonyl (C=O) groups excluding carboxylic acids is 3.